The number of Topliss-reactive ketones (excluding diaryl/α,β-unsaturated/α-hetero) is 1. The lowest BCUT2D eigenvalue weighted by atomic mass is 10.1. The smallest absolute Gasteiger partial charge is 0.229 e. The van der Waals surface area contributed by atoms with E-state index < -0.39 is 0 Å². The maximum Gasteiger partial charge on any atom is 0.229 e. The summed E-state index contributed by atoms with van der Waals surface area (Å²) in [5.41, 5.74) is 0.352. The van der Waals surface area contributed by atoms with Crippen LogP contribution in [-0.2, 0) is 9.59 Å². The molecule has 1 aliphatic heterocycles. The molecule has 1 aromatic rings. The highest BCUT2D eigenvalue weighted by molar-refractivity contribution is 6.32. The number of amides is 2. The Balaban J connectivity index is 2.14. The van der Waals surface area contributed by atoms with Gasteiger partial charge in [-0.25, -0.2) is 0 Å². The van der Waals surface area contributed by atoms with Crippen molar-refractivity contribution in [3.63, 3.8) is 0 Å². The number of carbonyl (C=O) groups is 3. The second-order valence-corrected chi connectivity index (χ2v) is 5.26. The zero-order chi connectivity index (χ0) is 15.4. The topological polar surface area (TPSA) is 63.7 Å². The molecule has 2 amide bonds. The van der Waals surface area contributed by atoms with Crippen molar-refractivity contribution in [2.45, 2.75) is 25.7 Å². The molecule has 0 radical (unpaired) electrons. The Morgan fingerprint density at radius 2 is 1.86 bits per heavy atom. The Kier molecular flexibility index (Phi) is 4.96. The molecular formula is C15H16ClNO4. The summed E-state index contributed by atoms with van der Waals surface area (Å²) in [6.07, 6.45) is 1.98. The van der Waals surface area contributed by atoms with Gasteiger partial charge in [0.05, 0.1) is 18.7 Å². The van der Waals surface area contributed by atoms with Crippen LogP contribution >= 0.6 is 11.6 Å². The van der Waals surface area contributed by atoms with Gasteiger partial charge in [-0.2, -0.15) is 0 Å². The first-order valence-electron chi connectivity index (χ1n) is 6.73. The minimum absolute atomic E-state index is 0.236. The molecule has 0 aliphatic carbocycles. The van der Waals surface area contributed by atoms with Crippen LogP contribution in [0.5, 0.6) is 5.75 Å². The number of hydrogen-bond acceptors (Lipinski definition) is 4. The third-order valence-corrected chi connectivity index (χ3v) is 3.70. The fraction of sp³-hybridized carbons (Fsp3) is 0.400. The number of likely N-dealkylation sites (tertiary alicyclic amines) is 1. The van der Waals surface area contributed by atoms with E-state index in [1.54, 1.807) is 12.1 Å². The molecule has 0 N–H and O–H groups in total. The van der Waals surface area contributed by atoms with Gasteiger partial charge in [0, 0.05) is 18.4 Å². The Labute approximate surface area is 127 Å². The Morgan fingerprint density at radius 1 is 1.24 bits per heavy atom. The summed E-state index contributed by atoms with van der Waals surface area (Å²) in [7, 11) is 1.48. The van der Waals surface area contributed by atoms with Crippen molar-refractivity contribution in [2.75, 3.05) is 13.7 Å². The molecule has 112 valence electrons. The van der Waals surface area contributed by atoms with Crippen LogP contribution in [0.2, 0.25) is 5.02 Å². The lowest BCUT2D eigenvalue weighted by Crippen LogP contribution is -2.39. The molecule has 1 fully saturated rings. The van der Waals surface area contributed by atoms with Crippen molar-refractivity contribution in [1.82, 2.24) is 4.90 Å². The molecule has 1 aliphatic rings. The molecule has 0 saturated carbocycles. The number of ketones is 1. The summed E-state index contributed by atoms with van der Waals surface area (Å²) in [6, 6.07) is 4.64. The quantitative estimate of drug-likeness (QED) is 0.633. The highest BCUT2D eigenvalue weighted by Gasteiger charge is 2.26. The molecule has 2 rings (SSSR count). The minimum Gasteiger partial charge on any atom is -0.495 e. The summed E-state index contributed by atoms with van der Waals surface area (Å²) in [6.45, 7) is -0.236. The Hall–Kier alpha value is -1.88. The summed E-state index contributed by atoms with van der Waals surface area (Å²) in [5.74, 6) is -0.422. The number of ether oxygens (including phenoxy) is 1. The van der Waals surface area contributed by atoms with Crippen molar-refractivity contribution in [1.29, 1.82) is 0 Å². The molecule has 1 aromatic carbocycles. The number of methoxy groups -OCH3 is 1. The second kappa shape index (κ2) is 6.72. The first-order valence-corrected chi connectivity index (χ1v) is 7.10. The molecule has 0 bridgehead atoms. The Bertz CT molecular complexity index is 567. The van der Waals surface area contributed by atoms with Crippen LogP contribution in [0.3, 0.4) is 0 Å². The van der Waals surface area contributed by atoms with E-state index in [4.69, 9.17) is 16.3 Å². The molecule has 0 unspecified atom stereocenters. The number of halogens is 1. The van der Waals surface area contributed by atoms with Gasteiger partial charge in [0.15, 0.2) is 5.78 Å². The molecule has 1 saturated heterocycles. The van der Waals surface area contributed by atoms with Gasteiger partial charge in [-0.15, -0.1) is 0 Å². The van der Waals surface area contributed by atoms with Gasteiger partial charge in [0.25, 0.3) is 0 Å². The van der Waals surface area contributed by atoms with E-state index >= 15 is 0 Å². The molecule has 21 heavy (non-hydrogen) atoms. The predicted molar refractivity (Wildman–Crippen MR) is 77.5 cm³/mol. The SMILES string of the molecule is COc1ccc(C(=O)CN2C(=O)CCCCC2=O)cc1Cl. The van der Waals surface area contributed by atoms with Crippen LogP contribution in [-0.4, -0.2) is 36.2 Å². The number of rotatable bonds is 4. The molecule has 0 spiro atoms. The average molecular weight is 310 g/mol. The summed E-state index contributed by atoms with van der Waals surface area (Å²) >= 11 is 5.98. The zero-order valence-electron chi connectivity index (χ0n) is 11.7. The minimum atomic E-state index is -0.317. The fourth-order valence-corrected chi connectivity index (χ4v) is 2.47. The average Bonchev–Trinajstić information content (AvgIpc) is 2.62. The second-order valence-electron chi connectivity index (χ2n) is 4.85. The molecule has 5 nitrogen and oxygen atoms in total. The summed E-state index contributed by atoms with van der Waals surface area (Å²) in [5, 5.41) is 0.317. The van der Waals surface area contributed by atoms with E-state index in [9.17, 15) is 14.4 Å². The fourth-order valence-electron chi connectivity index (χ4n) is 2.21. The Morgan fingerprint density at radius 3 is 2.38 bits per heavy atom. The standard InChI is InChI=1S/C15H16ClNO4/c1-21-13-7-6-10(8-11(13)16)12(18)9-17-14(19)4-2-3-5-15(17)20/h6-8H,2-5,9H2,1H3. The van der Waals surface area contributed by atoms with E-state index in [0.717, 1.165) is 4.90 Å². The van der Waals surface area contributed by atoms with E-state index in [1.165, 1.54) is 13.2 Å². The molecule has 1 heterocycles. The molecule has 6 heteroatoms. The van der Waals surface area contributed by atoms with Crippen LogP contribution in [0.15, 0.2) is 18.2 Å². The van der Waals surface area contributed by atoms with Crippen LogP contribution < -0.4 is 4.74 Å². The van der Waals surface area contributed by atoms with E-state index in [1.807, 2.05) is 0 Å². The molecule has 0 atom stereocenters. The van der Waals surface area contributed by atoms with Gasteiger partial charge in [0.1, 0.15) is 5.75 Å². The molecular weight excluding hydrogens is 294 g/mol. The van der Waals surface area contributed by atoms with Crippen molar-refractivity contribution >= 4 is 29.2 Å². The first-order chi connectivity index (χ1) is 10.0. The maximum absolute atomic E-state index is 12.2. The van der Waals surface area contributed by atoms with Crippen molar-refractivity contribution in [3.8, 4) is 5.75 Å². The van der Waals surface area contributed by atoms with Crippen LogP contribution in [0.4, 0.5) is 0 Å². The van der Waals surface area contributed by atoms with Crippen molar-refractivity contribution < 1.29 is 19.1 Å². The van der Waals surface area contributed by atoms with Crippen molar-refractivity contribution in [3.05, 3.63) is 28.8 Å². The van der Waals surface area contributed by atoms with Gasteiger partial charge < -0.3 is 4.74 Å². The summed E-state index contributed by atoms with van der Waals surface area (Å²) < 4.78 is 5.02. The highest BCUT2D eigenvalue weighted by atomic mass is 35.5. The van der Waals surface area contributed by atoms with Gasteiger partial charge in [-0.05, 0) is 31.0 Å². The van der Waals surface area contributed by atoms with E-state index in [0.29, 0.717) is 42.0 Å². The van der Waals surface area contributed by atoms with Gasteiger partial charge in [0.2, 0.25) is 11.8 Å². The third-order valence-electron chi connectivity index (χ3n) is 3.41. The van der Waals surface area contributed by atoms with Crippen LogP contribution in [0.1, 0.15) is 36.0 Å². The van der Waals surface area contributed by atoms with Gasteiger partial charge >= 0.3 is 0 Å². The summed E-state index contributed by atoms with van der Waals surface area (Å²) in [4.78, 5) is 37.0. The number of nitrogens with zero attached hydrogens (tertiary/aromatic N) is 1. The number of hydrogen-bond donors (Lipinski definition) is 0. The lowest BCUT2D eigenvalue weighted by Gasteiger charge is -2.17. The zero-order valence-corrected chi connectivity index (χ0v) is 12.5. The van der Waals surface area contributed by atoms with Crippen molar-refractivity contribution in [2.24, 2.45) is 0 Å². The number of benzene rings is 1. The van der Waals surface area contributed by atoms with Crippen LogP contribution in [0, 0.1) is 0 Å². The normalized spacial score (nSPS) is 15.8. The van der Waals surface area contributed by atoms with Crippen LogP contribution in [0.25, 0.3) is 0 Å². The van der Waals surface area contributed by atoms with E-state index in [2.05, 4.69) is 0 Å². The first kappa shape index (κ1) is 15.5. The maximum atomic E-state index is 12.2. The van der Waals surface area contributed by atoms with Gasteiger partial charge in [-0.1, -0.05) is 11.6 Å². The lowest BCUT2D eigenvalue weighted by molar-refractivity contribution is -0.143. The van der Waals surface area contributed by atoms with Gasteiger partial charge in [-0.3, -0.25) is 19.3 Å². The van der Waals surface area contributed by atoms with E-state index in [-0.39, 0.29) is 24.1 Å². The predicted octanol–water partition coefficient (Wildman–Crippen LogP) is 2.46. The number of imide groups is 1. The number of carbonyl (C=O) groups excluding carboxylic acids is 3. The molecule has 0 aromatic heterocycles. The highest BCUT2D eigenvalue weighted by Crippen LogP contribution is 2.25. The monoisotopic (exact) mass is 309 g/mol. The third kappa shape index (κ3) is 3.61. The largest absolute Gasteiger partial charge is 0.495 e.